The number of carbonyl (C=O) groups is 3. The van der Waals surface area contributed by atoms with Crippen LogP contribution in [-0.2, 0) is 14.4 Å². The summed E-state index contributed by atoms with van der Waals surface area (Å²) >= 11 is 6.07. The lowest BCUT2D eigenvalue weighted by Crippen LogP contribution is -2.44. The number of nitrogens with zero attached hydrogens (tertiary/aromatic N) is 1. The van der Waals surface area contributed by atoms with Crippen molar-refractivity contribution in [2.45, 2.75) is 18.9 Å². The zero-order valence-corrected chi connectivity index (χ0v) is 12.8. The Bertz CT molecular complexity index is 653. The van der Waals surface area contributed by atoms with Gasteiger partial charge in [0.15, 0.2) is 0 Å². The van der Waals surface area contributed by atoms with Gasteiger partial charge in [-0.1, -0.05) is 24.0 Å². The van der Waals surface area contributed by atoms with Gasteiger partial charge in [-0.3, -0.25) is 14.5 Å². The second kappa shape index (κ2) is 6.75. The predicted molar refractivity (Wildman–Crippen MR) is 84.1 cm³/mol. The first-order chi connectivity index (χ1) is 10.4. The summed E-state index contributed by atoms with van der Waals surface area (Å²) in [5.41, 5.74) is 0.693. The number of hydrogen-bond acceptors (Lipinski definition) is 5. The summed E-state index contributed by atoms with van der Waals surface area (Å²) < 4.78 is 0.112. The van der Waals surface area contributed by atoms with E-state index in [1.807, 2.05) is 0 Å². The highest BCUT2D eigenvalue weighted by atomic mass is 32.2. The number of aliphatic carboxylic acids is 2. The van der Waals surface area contributed by atoms with Gasteiger partial charge in [-0.2, -0.15) is 0 Å². The first-order valence-corrected chi connectivity index (χ1v) is 7.47. The maximum Gasteiger partial charge on any atom is 0.326 e. The van der Waals surface area contributed by atoms with Crippen LogP contribution in [0.5, 0.6) is 0 Å². The highest BCUT2D eigenvalue weighted by Crippen LogP contribution is 2.34. The normalized spacial score (nSPS) is 18.0. The molecule has 0 radical (unpaired) electrons. The number of aromatic nitrogens is 1. The van der Waals surface area contributed by atoms with Crippen LogP contribution >= 0.6 is 24.0 Å². The van der Waals surface area contributed by atoms with E-state index < -0.39 is 23.9 Å². The minimum absolute atomic E-state index is 0.112. The number of carboxylic acids is 2. The standard InChI is InChI=1S/C13H12N2O5S2/c16-10(17)4-3-8(12(19)20)15-11(18)9(22-13(15)21)6-7-2-1-5-14-7/h1-2,5-6,8,14H,3-4H2,(H,16,17)(H,19,20)/b9-6+. The summed E-state index contributed by atoms with van der Waals surface area (Å²) in [5, 5.41) is 17.9. The lowest BCUT2D eigenvalue weighted by molar-refractivity contribution is -0.146. The number of nitrogens with one attached hydrogen (secondary N) is 1. The van der Waals surface area contributed by atoms with Crippen LogP contribution in [0.4, 0.5) is 0 Å². The molecule has 22 heavy (non-hydrogen) atoms. The first kappa shape index (κ1) is 16.2. The summed E-state index contributed by atoms with van der Waals surface area (Å²) in [6, 6.07) is 2.24. The van der Waals surface area contributed by atoms with Gasteiger partial charge < -0.3 is 15.2 Å². The number of hydrogen-bond donors (Lipinski definition) is 3. The van der Waals surface area contributed by atoms with Crippen LogP contribution in [-0.4, -0.2) is 48.3 Å². The van der Waals surface area contributed by atoms with Gasteiger partial charge in [0.1, 0.15) is 10.4 Å². The Labute approximate surface area is 135 Å². The van der Waals surface area contributed by atoms with Crippen molar-refractivity contribution >= 4 is 52.2 Å². The third-order valence-electron chi connectivity index (χ3n) is 2.96. The van der Waals surface area contributed by atoms with Crippen molar-refractivity contribution in [2.24, 2.45) is 0 Å². The highest BCUT2D eigenvalue weighted by molar-refractivity contribution is 8.26. The van der Waals surface area contributed by atoms with Crippen LogP contribution in [0.25, 0.3) is 6.08 Å². The minimum Gasteiger partial charge on any atom is -0.481 e. The van der Waals surface area contributed by atoms with E-state index in [1.54, 1.807) is 24.4 Å². The molecule has 0 aromatic carbocycles. The number of thioether (sulfide) groups is 1. The van der Waals surface area contributed by atoms with Gasteiger partial charge in [0.25, 0.3) is 5.91 Å². The molecule has 1 saturated heterocycles. The molecule has 1 amide bonds. The quantitative estimate of drug-likeness (QED) is 0.532. The molecule has 1 aromatic heterocycles. The fraction of sp³-hybridized carbons (Fsp3) is 0.231. The molecule has 1 unspecified atom stereocenters. The van der Waals surface area contributed by atoms with E-state index in [9.17, 15) is 19.5 Å². The van der Waals surface area contributed by atoms with Gasteiger partial charge in [0.2, 0.25) is 0 Å². The number of amides is 1. The summed E-state index contributed by atoms with van der Waals surface area (Å²) in [4.78, 5) is 38.5. The van der Waals surface area contributed by atoms with E-state index in [-0.39, 0.29) is 17.2 Å². The topological polar surface area (TPSA) is 111 Å². The number of carbonyl (C=O) groups excluding carboxylic acids is 1. The Morgan fingerprint density at radius 1 is 1.45 bits per heavy atom. The molecule has 116 valence electrons. The van der Waals surface area contributed by atoms with E-state index in [0.717, 1.165) is 16.7 Å². The molecule has 1 aromatic rings. The highest BCUT2D eigenvalue weighted by Gasteiger charge is 2.40. The fourth-order valence-corrected chi connectivity index (χ4v) is 3.29. The van der Waals surface area contributed by atoms with E-state index >= 15 is 0 Å². The van der Waals surface area contributed by atoms with Gasteiger partial charge in [-0.05, 0) is 24.6 Å². The summed E-state index contributed by atoms with van der Waals surface area (Å²) in [6.45, 7) is 0. The van der Waals surface area contributed by atoms with Gasteiger partial charge in [-0.25, -0.2) is 4.79 Å². The van der Waals surface area contributed by atoms with Crippen LogP contribution in [0.3, 0.4) is 0 Å². The Morgan fingerprint density at radius 2 is 2.18 bits per heavy atom. The van der Waals surface area contributed by atoms with Crippen LogP contribution in [0, 0.1) is 0 Å². The Hall–Kier alpha value is -2.13. The molecule has 1 aliphatic heterocycles. The molecule has 1 atom stereocenters. The summed E-state index contributed by atoms with van der Waals surface area (Å²) in [5.74, 6) is -2.93. The summed E-state index contributed by atoms with van der Waals surface area (Å²) in [7, 11) is 0. The Kier molecular flexibility index (Phi) is 4.99. The summed E-state index contributed by atoms with van der Waals surface area (Å²) in [6.07, 6.45) is 2.71. The largest absolute Gasteiger partial charge is 0.481 e. The SMILES string of the molecule is O=C(O)CCC(C(=O)O)N1C(=O)/C(=C\c2ccc[nH]2)SC1=S. The lowest BCUT2D eigenvalue weighted by Gasteiger charge is -2.22. The maximum atomic E-state index is 12.4. The van der Waals surface area contributed by atoms with Crippen molar-refractivity contribution in [1.29, 1.82) is 0 Å². The van der Waals surface area contributed by atoms with Crippen molar-refractivity contribution in [3.8, 4) is 0 Å². The number of rotatable bonds is 6. The molecular weight excluding hydrogens is 328 g/mol. The molecule has 2 heterocycles. The van der Waals surface area contributed by atoms with Crippen LogP contribution in [0.15, 0.2) is 23.2 Å². The number of aromatic amines is 1. The number of carboxylic acid groups (broad SMARTS) is 2. The molecule has 1 fully saturated rings. The molecule has 0 spiro atoms. The minimum atomic E-state index is -1.28. The van der Waals surface area contributed by atoms with Crippen molar-refractivity contribution in [3.05, 3.63) is 28.9 Å². The molecule has 0 bridgehead atoms. The maximum absolute atomic E-state index is 12.4. The van der Waals surface area contributed by atoms with Crippen molar-refractivity contribution in [3.63, 3.8) is 0 Å². The van der Waals surface area contributed by atoms with Crippen molar-refractivity contribution < 1.29 is 24.6 Å². The van der Waals surface area contributed by atoms with Crippen LogP contribution < -0.4 is 0 Å². The zero-order chi connectivity index (χ0) is 16.3. The van der Waals surface area contributed by atoms with Gasteiger partial charge in [0, 0.05) is 18.3 Å². The molecule has 0 aliphatic carbocycles. The monoisotopic (exact) mass is 340 g/mol. The average molecular weight is 340 g/mol. The molecule has 2 rings (SSSR count). The van der Waals surface area contributed by atoms with Crippen LogP contribution in [0.2, 0.25) is 0 Å². The number of thiocarbonyl (C=S) groups is 1. The fourth-order valence-electron chi connectivity index (χ4n) is 1.95. The van der Waals surface area contributed by atoms with E-state index in [0.29, 0.717) is 10.6 Å². The molecule has 7 nitrogen and oxygen atoms in total. The first-order valence-electron chi connectivity index (χ1n) is 6.25. The van der Waals surface area contributed by atoms with Crippen molar-refractivity contribution in [1.82, 2.24) is 9.88 Å². The second-order valence-electron chi connectivity index (χ2n) is 4.46. The third-order valence-corrected chi connectivity index (χ3v) is 4.29. The molecular formula is C13H12N2O5S2. The average Bonchev–Trinajstić information content (AvgIpc) is 3.02. The third kappa shape index (κ3) is 3.55. The van der Waals surface area contributed by atoms with Crippen LogP contribution in [0.1, 0.15) is 18.5 Å². The Morgan fingerprint density at radius 3 is 2.73 bits per heavy atom. The number of H-pyrrole nitrogens is 1. The van der Waals surface area contributed by atoms with Crippen molar-refractivity contribution in [2.75, 3.05) is 0 Å². The van der Waals surface area contributed by atoms with Gasteiger partial charge in [0.05, 0.1) is 4.91 Å². The van der Waals surface area contributed by atoms with Gasteiger partial charge >= 0.3 is 11.9 Å². The second-order valence-corrected chi connectivity index (χ2v) is 6.14. The Balaban J connectivity index is 2.22. The lowest BCUT2D eigenvalue weighted by atomic mass is 10.1. The van der Waals surface area contributed by atoms with E-state index in [1.165, 1.54) is 0 Å². The molecule has 9 heteroatoms. The van der Waals surface area contributed by atoms with E-state index in [4.69, 9.17) is 17.3 Å². The van der Waals surface area contributed by atoms with E-state index in [2.05, 4.69) is 4.98 Å². The molecule has 1 aliphatic rings. The van der Waals surface area contributed by atoms with Gasteiger partial charge in [-0.15, -0.1) is 0 Å². The predicted octanol–water partition coefficient (Wildman–Crippen LogP) is 1.53. The molecule has 0 saturated carbocycles. The zero-order valence-electron chi connectivity index (χ0n) is 11.2. The smallest absolute Gasteiger partial charge is 0.326 e. The molecule has 3 N–H and O–H groups in total.